The molecule has 0 unspecified atom stereocenters. The van der Waals surface area contributed by atoms with E-state index in [-0.39, 0.29) is 18.1 Å². The average molecular weight is 381 g/mol. The Bertz CT molecular complexity index is 1030. The minimum atomic E-state index is -0.256. The van der Waals surface area contributed by atoms with Crippen molar-refractivity contribution in [2.24, 2.45) is 0 Å². The van der Waals surface area contributed by atoms with Gasteiger partial charge in [0.1, 0.15) is 12.0 Å². The van der Waals surface area contributed by atoms with Gasteiger partial charge in [0.05, 0.1) is 27.2 Å². The van der Waals surface area contributed by atoms with E-state index in [1.165, 1.54) is 12.1 Å². The van der Waals surface area contributed by atoms with Crippen molar-refractivity contribution in [2.75, 3.05) is 14.2 Å². The van der Waals surface area contributed by atoms with Gasteiger partial charge in [-0.1, -0.05) is 0 Å². The molecule has 0 aliphatic carbocycles. The molecule has 144 valence electrons. The van der Waals surface area contributed by atoms with Crippen LogP contribution in [0.1, 0.15) is 22.6 Å². The number of Topliss-reactive ketones (excluding diaryl/α,β-unsaturated/α-hetero) is 1. The zero-order valence-corrected chi connectivity index (χ0v) is 15.9. The predicted molar refractivity (Wildman–Crippen MR) is 102 cm³/mol. The number of hydrogen-bond acceptors (Lipinski definition) is 3. The van der Waals surface area contributed by atoms with Gasteiger partial charge >= 0.3 is 0 Å². The van der Waals surface area contributed by atoms with Crippen molar-refractivity contribution in [1.82, 2.24) is 4.57 Å². The minimum absolute atomic E-state index is 0.00286. The molecular weight excluding hydrogens is 359 g/mol. The summed E-state index contributed by atoms with van der Waals surface area (Å²) >= 11 is 0. The number of imidazole rings is 1. The molecule has 5 nitrogen and oxygen atoms in total. The molecule has 1 aromatic heterocycles. The quantitative estimate of drug-likeness (QED) is 0.485. The van der Waals surface area contributed by atoms with E-state index in [0.29, 0.717) is 17.1 Å². The fraction of sp³-hybridized carbons (Fsp3) is 0.273. The van der Waals surface area contributed by atoms with Crippen molar-refractivity contribution in [2.45, 2.75) is 25.9 Å². The van der Waals surface area contributed by atoms with Gasteiger partial charge in [0.25, 0.3) is 5.82 Å². The van der Waals surface area contributed by atoms with Crippen LogP contribution in [0.3, 0.4) is 0 Å². The van der Waals surface area contributed by atoms with Crippen molar-refractivity contribution in [3.8, 4) is 22.8 Å². The first-order valence-corrected chi connectivity index (χ1v) is 9.23. The number of fused-ring (bicyclic) bond motifs is 1. The minimum Gasteiger partial charge on any atom is -0.493 e. The first-order chi connectivity index (χ1) is 13.6. The Kier molecular flexibility index (Phi) is 4.86. The van der Waals surface area contributed by atoms with Crippen LogP contribution in [0.5, 0.6) is 11.5 Å². The highest BCUT2D eigenvalue weighted by molar-refractivity contribution is 5.95. The molecule has 6 heteroatoms. The van der Waals surface area contributed by atoms with Gasteiger partial charge in [0, 0.05) is 11.1 Å². The van der Waals surface area contributed by atoms with Gasteiger partial charge < -0.3 is 9.47 Å². The van der Waals surface area contributed by atoms with Crippen molar-refractivity contribution >= 4 is 5.78 Å². The largest absolute Gasteiger partial charge is 0.493 e. The summed E-state index contributed by atoms with van der Waals surface area (Å²) in [6, 6.07) is 11.7. The monoisotopic (exact) mass is 381 g/mol. The van der Waals surface area contributed by atoms with Crippen molar-refractivity contribution < 1.29 is 23.2 Å². The molecule has 0 bridgehead atoms. The molecule has 1 aliphatic rings. The number of aromatic nitrogens is 2. The zero-order chi connectivity index (χ0) is 19.7. The maximum atomic E-state index is 13.3. The third kappa shape index (κ3) is 3.26. The second-order valence-electron chi connectivity index (χ2n) is 6.81. The van der Waals surface area contributed by atoms with Crippen LogP contribution in [0.2, 0.25) is 0 Å². The van der Waals surface area contributed by atoms with Crippen LogP contribution in [0.15, 0.2) is 48.7 Å². The number of nitrogens with zero attached hydrogens (tertiary/aromatic N) is 2. The third-order valence-electron chi connectivity index (χ3n) is 5.15. The molecule has 0 saturated heterocycles. The molecule has 2 aromatic carbocycles. The standard InChI is InChI=1S/C22H22FN2O3/c1-27-20-10-7-16(12-21(20)28-2)19(26)14-24-13-18(25-11-3-4-22(24)25)15-5-8-17(23)9-6-15/h5-10,12-13H,3-4,11,14H2,1-2H3/q+1. The lowest BCUT2D eigenvalue weighted by Gasteiger charge is -2.08. The molecule has 0 spiro atoms. The second kappa shape index (κ2) is 7.46. The van der Waals surface area contributed by atoms with E-state index in [1.54, 1.807) is 44.6 Å². The molecule has 28 heavy (non-hydrogen) atoms. The Morgan fingerprint density at radius 3 is 2.57 bits per heavy atom. The van der Waals surface area contributed by atoms with Gasteiger partial charge in [0.2, 0.25) is 5.78 Å². The van der Waals surface area contributed by atoms with E-state index in [0.717, 1.165) is 36.5 Å². The maximum absolute atomic E-state index is 13.3. The molecule has 0 saturated carbocycles. The number of methoxy groups -OCH3 is 2. The molecule has 1 aliphatic heterocycles. The molecule has 0 fully saturated rings. The Balaban J connectivity index is 1.64. The van der Waals surface area contributed by atoms with E-state index < -0.39 is 0 Å². The number of ether oxygens (including phenoxy) is 2. The van der Waals surface area contributed by atoms with E-state index in [2.05, 4.69) is 4.57 Å². The summed E-state index contributed by atoms with van der Waals surface area (Å²) in [6.45, 7) is 1.14. The third-order valence-corrected chi connectivity index (χ3v) is 5.15. The molecule has 0 amide bonds. The number of halogens is 1. The summed E-state index contributed by atoms with van der Waals surface area (Å²) in [4.78, 5) is 12.9. The summed E-state index contributed by atoms with van der Waals surface area (Å²) < 4.78 is 28.0. The Morgan fingerprint density at radius 2 is 1.86 bits per heavy atom. The summed E-state index contributed by atoms with van der Waals surface area (Å²) in [5.41, 5.74) is 2.53. The average Bonchev–Trinajstić information content (AvgIpc) is 3.32. The van der Waals surface area contributed by atoms with Crippen molar-refractivity contribution in [1.29, 1.82) is 0 Å². The zero-order valence-electron chi connectivity index (χ0n) is 15.9. The van der Waals surface area contributed by atoms with Crippen LogP contribution in [0.25, 0.3) is 11.3 Å². The van der Waals surface area contributed by atoms with E-state index in [4.69, 9.17) is 9.47 Å². The van der Waals surface area contributed by atoms with Crippen LogP contribution in [-0.4, -0.2) is 24.6 Å². The Morgan fingerprint density at radius 1 is 1.11 bits per heavy atom. The number of ketones is 1. The molecule has 0 atom stereocenters. The SMILES string of the molecule is COc1ccc(C(=O)C[n+]2cc(-c3ccc(F)cc3)n3c2CCC3)cc1OC. The first kappa shape index (κ1) is 18.2. The topological polar surface area (TPSA) is 44.3 Å². The van der Waals surface area contributed by atoms with Crippen molar-refractivity contribution in [3.05, 3.63) is 65.9 Å². The van der Waals surface area contributed by atoms with Gasteiger partial charge in [-0.3, -0.25) is 4.79 Å². The van der Waals surface area contributed by atoms with Gasteiger partial charge in [-0.2, -0.15) is 0 Å². The van der Waals surface area contributed by atoms with Crippen LogP contribution in [-0.2, 0) is 19.5 Å². The van der Waals surface area contributed by atoms with Gasteiger partial charge in [0.15, 0.2) is 23.7 Å². The summed E-state index contributed by atoms with van der Waals surface area (Å²) in [5, 5.41) is 0. The summed E-state index contributed by atoms with van der Waals surface area (Å²) in [6.07, 6.45) is 3.94. The highest BCUT2D eigenvalue weighted by Gasteiger charge is 2.30. The molecule has 0 radical (unpaired) electrons. The van der Waals surface area contributed by atoms with E-state index in [1.807, 2.05) is 10.8 Å². The number of benzene rings is 2. The van der Waals surface area contributed by atoms with Gasteiger partial charge in [-0.05, 0) is 48.9 Å². The molecule has 3 aromatic rings. The fourth-order valence-electron chi connectivity index (χ4n) is 3.75. The molecule has 2 heterocycles. The van der Waals surface area contributed by atoms with E-state index >= 15 is 0 Å². The van der Waals surface area contributed by atoms with Gasteiger partial charge in [-0.25, -0.2) is 13.5 Å². The highest BCUT2D eigenvalue weighted by atomic mass is 19.1. The smallest absolute Gasteiger partial charge is 0.257 e. The highest BCUT2D eigenvalue weighted by Crippen LogP contribution is 2.28. The lowest BCUT2D eigenvalue weighted by Crippen LogP contribution is -2.40. The van der Waals surface area contributed by atoms with Gasteiger partial charge in [-0.15, -0.1) is 0 Å². The number of carbonyl (C=O) groups excluding carboxylic acids is 1. The van der Waals surface area contributed by atoms with Crippen molar-refractivity contribution in [3.63, 3.8) is 0 Å². The molecule has 4 rings (SSSR count). The number of rotatable bonds is 6. The Labute approximate surface area is 162 Å². The first-order valence-electron chi connectivity index (χ1n) is 9.23. The lowest BCUT2D eigenvalue weighted by molar-refractivity contribution is -0.689. The molecular formula is C22H22FN2O3+. The number of carbonyl (C=O) groups is 1. The normalized spacial score (nSPS) is 12.7. The number of hydrogen-bond donors (Lipinski definition) is 0. The van der Waals surface area contributed by atoms with Crippen LogP contribution < -0.4 is 14.0 Å². The van der Waals surface area contributed by atoms with Crippen LogP contribution in [0.4, 0.5) is 4.39 Å². The molecule has 0 N–H and O–H groups in total. The lowest BCUT2D eigenvalue weighted by atomic mass is 10.1. The fourth-order valence-corrected chi connectivity index (χ4v) is 3.75. The Hall–Kier alpha value is -3.15. The predicted octanol–water partition coefficient (Wildman–Crippen LogP) is 3.43. The summed E-state index contributed by atoms with van der Waals surface area (Å²) in [5.74, 6) is 1.99. The van der Waals surface area contributed by atoms with Crippen LogP contribution >= 0.6 is 0 Å². The second-order valence-corrected chi connectivity index (χ2v) is 6.81. The maximum Gasteiger partial charge on any atom is 0.257 e. The van der Waals surface area contributed by atoms with E-state index in [9.17, 15) is 9.18 Å². The van der Waals surface area contributed by atoms with Crippen LogP contribution in [0, 0.1) is 5.82 Å². The summed E-state index contributed by atoms with van der Waals surface area (Å²) in [7, 11) is 3.12.